The monoisotopic (exact) mass is 479 g/mol. The molecule has 1 aliphatic rings. The van der Waals surface area contributed by atoms with Gasteiger partial charge in [-0.05, 0) is 49.5 Å². The summed E-state index contributed by atoms with van der Waals surface area (Å²) in [5.41, 5.74) is 0.715. The van der Waals surface area contributed by atoms with Crippen LogP contribution in [-0.4, -0.2) is 52.2 Å². The second-order valence-electron chi connectivity index (χ2n) is 11.6. The number of anilines is 1. The topological polar surface area (TPSA) is 56.6 Å². The van der Waals surface area contributed by atoms with Crippen LogP contribution in [-0.2, 0) is 15.9 Å². The fourth-order valence-electron chi connectivity index (χ4n) is 3.22. The molecule has 2 heterocycles. The van der Waals surface area contributed by atoms with Gasteiger partial charge in [-0.2, -0.15) is 0 Å². The summed E-state index contributed by atoms with van der Waals surface area (Å²) < 4.78 is 13.8. The van der Waals surface area contributed by atoms with Crippen LogP contribution in [0.15, 0.2) is 17.1 Å². The van der Waals surface area contributed by atoms with Gasteiger partial charge in [-0.15, -0.1) is 0 Å². The minimum atomic E-state index is -1.79. The van der Waals surface area contributed by atoms with E-state index < -0.39 is 16.4 Å². The third-order valence-corrected chi connectivity index (χ3v) is 12.7. The van der Waals surface area contributed by atoms with Crippen molar-refractivity contribution in [1.82, 2.24) is 9.55 Å². The van der Waals surface area contributed by atoms with E-state index in [2.05, 4.69) is 58.4 Å². The van der Waals surface area contributed by atoms with Crippen molar-refractivity contribution in [3.63, 3.8) is 0 Å². The number of aromatic nitrogens is 2. The third-order valence-electron chi connectivity index (χ3n) is 6.49. The summed E-state index contributed by atoms with van der Waals surface area (Å²) >= 11 is 0. The smallest absolute Gasteiger partial charge is 0.295 e. The Labute approximate surface area is 197 Å². The second kappa shape index (κ2) is 11.3. The van der Waals surface area contributed by atoms with Gasteiger partial charge in [0.05, 0.1) is 12.3 Å². The number of hydrogen-bond acceptors (Lipinski definition) is 5. The molecule has 1 saturated heterocycles. The predicted octanol–water partition coefficient (Wildman–Crippen LogP) is 5.58. The van der Waals surface area contributed by atoms with Gasteiger partial charge in [0, 0.05) is 34.0 Å². The summed E-state index contributed by atoms with van der Waals surface area (Å²) in [6, 6.07) is 1.09. The zero-order chi connectivity index (χ0) is 24.0. The van der Waals surface area contributed by atoms with Crippen LogP contribution in [0.5, 0.6) is 0 Å². The van der Waals surface area contributed by atoms with Gasteiger partial charge in [0.25, 0.3) is 5.56 Å². The normalized spacial score (nSPS) is 16.2. The fourth-order valence-corrected chi connectivity index (χ4v) is 4.92. The van der Waals surface area contributed by atoms with Gasteiger partial charge >= 0.3 is 0 Å². The molecule has 0 aromatic carbocycles. The first-order chi connectivity index (χ1) is 14.8. The number of rotatable bonds is 10. The van der Waals surface area contributed by atoms with Crippen LogP contribution in [0.4, 0.5) is 5.82 Å². The van der Waals surface area contributed by atoms with Gasteiger partial charge < -0.3 is 14.1 Å². The maximum Gasteiger partial charge on any atom is 0.295 e. The van der Waals surface area contributed by atoms with Crippen molar-refractivity contribution in [1.29, 1.82) is 0 Å². The van der Waals surface area contributed by atoms with E-state index in [9.17, 15) is 4.79 Å². The van der Waals surface area contributed by atoms with E-state index in [-0.39, 0.29) is 17.3 Å². The first-order valence-corrected chi connectivity index (χ1v) is 18.7. The molecule has 1 fully saturated rings. The van der Waals surface area contributed by atoms with Crippen molar-refractivity contribution >= 4 is 28.3 Å². The Morgan fingerprint density at radius 3 is 2.34 bits per heavy atom. The Bertz CT molecular complexity index is 817. The summed E-state index contributed by atoms with van der Waals surface area (Å²) in [6.45, 7) is 21.5. The standard InChI is InChI=1S/C24H45N3O3Si2/c1-24(2,3)32(7,8)30-16-12-13-21-19-27(20-29-17-18-31(4,5)6)23(28)22(25-21)26-14-10-9-11-15-26/h12-13,19H,9-11,14-18,20H2,1-8H3/b13-12+. The summed E-state index contributed by atoms with van der Waals surface area (Å²) in [5.74, 6) is 0.547. The molecule has 0 N–H and O–H groups in total. The molecule has 1 aromatic heterocycles. The summed E-state index contributed by atoms with van der Waals surface area (Å²) in [4.78, 5) is 20.0. The fraction of sp³-hybridized carbons (Fsp3) is 0.750. The van der Waals surface area contributed by atoms with Crippen LogP contribution in [0.3, 0.4) is 0 Å². The maximum atomic E-state index is 13.1. The zero-order valence-corrected chi connectivity index (χ0v) is 23.7. The molecule has 0 amide bonds. The molecule has 32 heavy (non-hydrogen) atoms. The number of ether oxygens (including phenoxy) is 1. The van der Waals surface area contributed by atoms with Crippen molar-refractivity contribution < 1.29 is 9.16 Å². The number of nitrogens with zero attached hydrogens (tertiary/aromatic N) is 3. The Balaban J connectivity index is 2.17. The molecule has 1 aliphatic heterocycles. The molecule has 0 radical (unpaired) electrons. The lowest BCUT2D eigenvalue weighted by Crippen LogP contribution is -2.40. The largest absolute Gasteiger partial charge is 0.413 e. The molecule has 2 rings (SSSR count). The highest BCUT2D eigenvalue weighted by atomic mass is 28.4. The molecule has 0 bridgehead atoms. The molecular weight excluding hydrogens is 434 g/mol. The van der Waals surface area contributed by atoms with E-state index in [1.165, 1.54) is 6.42 Å². The first-order valence-electron chi connectivity index (χ1n) is 12.0. The van der Waals surface area contributed by atoms with Gasteiger partial charge in [-0.25, -0.2) is 4.98 Å². The van der Waals surface area contributed by atoms with E-state index in [4.69, 9.17) is 14.1 Å². The second-order valence-corrected chi connectivity index (χ2v) is 22.1. The Morgan fingerprint density at radius 1 is 1.09 bits per heavy atom. The average molecular weight is 480 g/mol. The third kappa shape index (κ3) is 8.28. The van der Waals surface area contributed by atoms with Crippen LogP contribution >= 0.6 is 0 Å². The van der Waals surface area contributed by atoms with Crippen molar-refractivity contribution in [3.8, 4) is 0 Å². The van der Waals surface area contributed by atoms with Crippen LogP contribution in [0.1, 0.15) is 45.7 Å². The van der Waals surface area contributed by atoms with E-state index in [1.807, 2.05) is 18.3 Å². The molecule has 0 spiro atoms. The van der Waals surface area contributed by atoms with Crippen molar-refractivity contribution in [2.24, 2.45) is 0 Å². The Morgan fingerprint density at radius 2 is 1.75 bits per heavy atom. The Hall–Kier alpha value is -1.23. The van der Waals surface area contributed by atoms with Crippen molar-refractivity contribution in [3.05, 3.63) is 28.3 Å². The van der Waals surface area contributed by atoms with Gasteiger partial charge in [0.1, 0.15) is 6.73 Å². The number of piperidine rings is 1. The highest BCUT2D eigenvalue weighted by molar-refractivity contribution is 6.76. The zero-order valence-electron chi connectivity index (χ0n) is 21.7. The molecular formula is C24H45N3O3Si2. The minimum absolute atomic E-state index is 0.0606. The first kappa shape index (κ1) is 27.0. The van der Waals surface area contributed by atoms with Gasteiger partial charge in [-0.1, -0.05) is 46.5 Å². The molecule has 6 nitrogen and oxygen atoms in total. The molecule has 0 aliphatic carbocycles. The van der Waals surface area contributed by atoms with E-state index in [0.29, 0.717) is 19.0 Å². The maximum absolute atomic E-state index is 13.1. The van der Waals surface area contributed by atoms with Crippen LogP contribution in [0, 0.1) is 0 Å². The molecule has 0 unspecified atom stereocenters. The molecule has 8 heteroatoms. The average Bonchev–Trinajstić information content (AvgIpc) is 2.69. The highest BCUT2D eigenvalue weighted by Gasteiger charge is 2.36. The minimum Gasteiger partial charge on any atom is -0.413 e. The lowest BCUT2D eigenvalue weighted by Gasteiger charge is -2.35. The van der Waals surface area contributed by atoms with Gasteiger partial charge in [0.15, 0.2) is 14.1 Å². The molecule has 0 saturated carbocycles. The SMILES string of the molecule is CC(C)(C)[Si](C)(C)OC/C=C/c1cn(COCC[Si](C)(C)C)c(=O)c(N2CCCCC2)n1. The summed E-state index contributed by atoms with van der Waals surface area (Å²) in [6.07, 6.45) is 9.23. The summed E-state index contributed by atoms with van der Waals surface area (Å²) in [5, 5.41) is 0.182. The van der Waals surface area contributed by atoms with Crippen LogP contribution < -0.4 is 10.5 Å². The number of hydrogen-bond donors (Lipinski definition) is 0. The quantitative estimate of drug-likeness (QED) is 0.324. The van der Waals surface area contributed by atoms with Crippen LogP contribution in [0.2, 0.25) is 43.8 Å². The molecule has 0 atom stereocenters. The molecule has 182 valence electrons. The van der Waals surface area contributed by atoms with Crippen molar-refractivity contribution in [2.45, 2.75) is 90.6 Å². The van der Waals surface area contributed by atoms with Crippen LogP contribution in [0.25, 0.3) is 6.08 Å². The predicted molar refractivity (Wildman–Crippen MR) is 141 cm³/mol. The lowest BCUT2D eigenvalue weighted by molar-refractivity contribution is 0.0846. The molecule has 1 aromatic rings. The van der Waals surface area contributed by atoms with E-state index >= 15 is 0 Å². The lowest BCUT2D eigenvalue weighted by atomic mass is 10.1. The van der Waals surface area contributed by atoms with Gasteiger partial charge in [-0.3, -0.25) is 9.36 Å². The summed E-state index contributed by atoms with van der Waals surface area (Å²) in [7, 11) is -2.95. The van der Waals surface area contributed by atoms with E-state index in [1.54, 1.807) is 4.57 Å². The van der Waals surface area contributed by atoms with Crippen molar-refractivity contribution in [2.75, 3.05) is 31.2 Å². The Kier molecular flexibility index (Phi) is 9.51. The highest BCUT2D eigenvalue weighted by Crippen LogP contribution is 2.36. The van der Waals surface area contributed by atoms with E-state index in [0.717, 1.165) is 37.7 Å². The van der Waals surface area contributed by atoms with Gasteiger partial charge in [0.2, 0.25) is 0 Å².